The summed E-state index contributed by atoms with van der Waals surface area (Å²) in [6.45, 7) is 0.152. The lowest BCUT2D eigenvalue weighted by molar-refractivity contribution is 0.173. The second-order valence-electron chi connectivity index (χ2n) is 3.78. The maximum Gasteiger partial charge on any atom is 0.231 e. The van der Waals surface area contributed by atoms with E-state index in [4.69, 9.17) is 32.7 Å². The van der Waals surface area contributed by atoms with Gasteiger partial charge in [-0.3, -0.25) is 0 Å². The first-order chi connectivity index (χ1) is 8.65. The monoisotopic (exact) mass is 302 g/mol. The molecule has 1 aromatic heterocycles. The molecule has 0 aliphatic carbocycles. The van der Waals surface area contributed by atoms with Crippen molar-refractivity contribution in [1.82, 2.24) is 0 Å². The van der Waals surface area contributed by atoms with Crippen LogP contribution >= 0.6 is 34.5 Å². The number of aliphatic hydroxyl groups excluding tert-OH is 1. The molecule has 0 saturated carbocycles. The minimum absolute atomic E-state index is 0.152. The third-order valence-corrected chi connectivity index (χ3v) is 4.19. The van der Waals surface area contributed by atoms with E-state index in [9.17, 15) is 5.11 Å². The topological polar surface area (TPSA) is 38.7 Å². The van der Waals surface area contributed by atoms with Crippen molar-refractivity contribution < 1.29 is 14.6 Å². The number of benzene rings is 1. The van der Waals surface area contributed by atoms with Crippen molar-refractivity contribution in [3.8, 4) is 11.5 Å². The summed E-state index contributed by atoms with van der Waals surface area (Å²) in [7, 11) is 0. The van der Waals surface area contributed by atoms with E-state index in [1.165, 1.54) is 11.3 Å². The van der Waals surface area contributed by atoms with Crippen molar-refractivity contribution in [3.63, 3.8) is 0 Å². The summed E-state index contributed by atoms with van der Waals surface area (Å²) in [6, 6.07) is 6.94. The van der Waals surface area contributed by atoms with Crippen LogP contribution in [-0.2, 0) is 0 Å². The van der Waals surface area contributed by atoms with Crippen LogP contribution in [-0.4, -0.2) is 11.9 Å². The molecule has 0 amide bonds. The Balaban J connectivity index is 2.00. The van der Waals surface area contributed by atoms with Crippen LogP contribution in [0.4, 0.5) is 0 Å². The number of fused-ring (bicyclic) bond motifs is 1. The Labute approximate surface area is 117 Å². The largest absolute Gasteiger partial charge is 0.454 e. The predicted octanol–water partition coefficient (Wildman–Crippen LogP) is 3.87. The van der Waals surface area contributed by atoms with Crippen LogP contribution in [0, 0.1) is 0 Å². The number of hydrogen-bond donors (Lipinski definition) is 1. The predicted molar refractivity (Wildman–Crippen MR) is 71.0 cm³/mol. The van der Waals surface area contributed by atoms with Crippen molar-refractivity contribution in [2.24, 2.45) is 0 Å². The highest BCUT2D eigenvalue weighted by Gasteiger charge is 2.22. The molecule has 1 unspecified atom stereocenters. The molecular formula is C12H8Cl2O3S. The molecular weight excluding hydrogens is 295 g/mol. The lowest BCUT2D eigenvalue weighted by atomic mass is 10.1. The average Bonchev–Trinajstić information content (AvgIpc) is 2.96. The zero-order valence-electron chi connectivity index (χ0n) is 9.02. The molecule has 2 heterocycles. The molecule has 3 nitrogen and oxygen atoms in total. The summed E-state index contributed by atoms with van der Waals surface area (Å²) in [5.74, 6) is 1.08. The highest BCUT2D eigenvalue weighted by Crippen LogP contribution is 2.42. The van der Waals surface area contributed by atoms with Crippen molar-refractivity contribution in [3.05, 3.63) is 44.1 Å². The summed E-state index contributed by atoms with van der Waals surface area (Å²) in [6.07, 6.45) is -0.769. The van der Waals surface area contributed by atoms with Crippen LogP contribution in [0.25, 0.3) is 0 Å². The van der Waals surface area contributed by atoms with Gasteiger partial charge in [0.2, 0.25) is 6.79 Å². The molecule has 94 valence electrons. The molecule has 18 heavy (non-hydrogen) atoms. The van der Waals surface area contributed by atoms with Crippen LogP contribution in [0.15, 0.2) is 24.3 Å². The molecule has 1 aliphatic heterocycles. The lowest BCUT2D eigenvalue weighted by Gasteiger charge is -2.10. The Morgan fingerprint density at radius 3 is 2.78 bits per heavy atom. The van der Waals surface area contributed by atoms with Gasteiger partial charge in [0.25, 0.3) is 0 Å². The Kier molecular flexibility index (Phi) is 3.11. The Bertz CT molecular complexity index is 597. The fourth-order valence-electron chi connectivity index (χ4n) is 1.78. The fraction of sp³-hybridized carbons (Fsp3) is 0.167. The van der Waals surface area contributed by atoms with Crippen molar-refractivity contribution >= 4 is 34.5 Å². The molecule has 2 aromatic rings. The van der Waals surface area contributed by atoms with Gasteiger partial charge in [-0.25, -0.2) is 0 Å². The van der Waals surface area contributed by atoms with Crippen LogP contribution in [0.1, 0.15) is 16.5 Å². The quantitative estimate of drug-likeness (QED) is 0.915. The first-order valence-corrected chi connectivity index (χ1v) is 6.75. The molecule has 0 saturated heterocycles. The van der Waals surface area contributed by atoms with Gasteiger partial charge in [0.1, 0.15) is 6.10 Å². The molecule has 0 radical (unpaired) electrons. The van der Waals surface area contributed by atoms with Crippen molar-refractivity contribution in [1.29, 1.82) is 0 Å². The minimum Gasteiger partial charge on any atom is -0.454 e. The zero-order valence-corrected chi connectivity index (χ0v) is 11.4. The lowest BCUT2D eigenvalue weighted by Crippen LogP contribution is -1.97. The van der Waals surface area contributed by atoms with Crippen LogP contribution in [0.3, 0.4) is 0 Å². The molecule has 1 N–H and O–H groups in total. The van der Waals surface area contributed by atoms with Gasteiger partial charge in [-0.2, -0.15) is 0 Å². The standard InChI is InChI=1S/C12H8Cl2O3S/c13-7-3-6(4-8-12(7)17-5-16-8)11(15)9-1-2-10(14)18-9/h1-4,11,15H,5H2. The molecule has 3 rings (SSSR count). The number of rotatable bonds is 2. The van der Waals surface area contributed by atoms with E-state index in [0.717, 1.165) is 4.88 Å². The number of halogens is 2. The Morgan fingerprint density at radius 2 is 2.06 bits per heavy atom. The number of hydrogen-bond acceptors (Lipinski definition) is 4. The van der Waals surface area contributed by atoms with E-state index in [-0.39, 0.29) is 6.79 Å². The zero-order chi connectivity index (χ0) is 12.7. The van der Waals surface area contributed by atoms with Gasteiger partial charge in [0.05, 0.1) is 9.36 Å². The molecule has 0 fully saturated rings. The summed E-state index contributed by atoms with van der Waals surface area (Å²) in [4.78, 5) is 0.759. The number of aliphatic hydroxyl groups is 1. The summed E-state index contributed by atoms with van der Waals surface area (Å²) < 4.78 is 11.1. The maximum atomic E-state index is 10.3. The molecule has 0 bridgehead atoms. The average molecular weight is 303 g/mol. The second-order valence-corrected chi connectivity index (χ2v) is 5.93. The summed E-state index contributed by atoms with van der Waals surface area (Å²) in [5.41, 5.74) is 0.655. The normalized spacial score (nSPS) is 14.8. The van der Waals surface area contributed by atoms with Gasteiger partial charge in [0, 0.05) is 4.88 Å². The van der Waals surface area contributed by atoms with Gasteiger partial charge < -0.3 is 14.6 Å². The van der Waals surface area contributed by atoms with E-state index in [0.29, 0.717) is 26.4 Å². The molecule has 6 heteroatoms. The van der Waals surface area contributed by atoms with Crippen LogP contribution in [0.5, 0.6) is 11.5 Å². The summed E-state index contributed by atoms with van der Waals surface area (Å²) in [5, 5.41) is 10.7. The first-order valence-electron chi connectivity index (χ1n) is 5.17. The third kappa shape index (κ3) is 2.06. The van der Waals surface area contributed by atoms with Crippen molar-refractivity contribution in [2.45, 2.75) is 6.10 Å². The molecule has 1 atom stereocenters. The highest BCUT2D eigenvalue weighted by molar-refractivity contribution is 7.16. The Morgan fingerprint density at radius 1 is 1.22 bits per heavy atom. The summed E-state index contributed by atoms with van der Waals surface area (Å²) >= 11 is 13.3. The van der Waals surface area contributed by atoms with E-state index in [1.807, 2.05) is 0 Å². The number of ether oxygens (including phenoxy) is 2. The van der Waals surface area contributed by atoms with Gasteiger partial charge >= 0.3 is 0 Å². The van der Waals surface area contributed by atoms with Crippen LogP contribution < -0.4 is 9.47 Å². The third-order valence-electron chi connectivity index (χ3n) is 2.63. The van der Waals surface area contributed by atoms with E-state index >= 15 is 0 Å². The minimum atomic E-state index is -0.769. The fourth-order valence-corrected chi connectivity index (χ4v) is 3.13. The Hall–Kier alpha value is -0.940. The van der Waals surface area contributed by atoms with Crippen LogP contribution in [0.2, 0.25) is 9.36 Å². The molecule has 1 aliphatic rings. The van der Waals surface area contributed by atoms with E-state index < -0.39 is 6.10 Å². The van der Waals surface area contributed by atoms with Gasteiger partial charge in [-0.15, -0.1) is 11.3 Å². The second kappa shape index (κ2) is 4.63. The first kappa shape index (κ1) is 12.1. The molecule has 1 aromatic carbocycles. The van der Waals surface area contributed by atoms with E-state index in [1.54, 1.807) is 24.3 Å². The maximum absolute atomic E-state index is 10.3. The van der Waals surface area contributed by atoms with Gasteiger partial charge in [-0.1, -0.05) is 23.2 Å². The highest BCUT2D eigenvalue weighted by atomic mass is 35.5. The van der Waals surface area contributed by atoms with Gasteiger partial charge in [-0.05, 0) is 29.8 Å². The SMILES string of the molecule is OC(c1cc(Cl)c2c(c1)OCO2)c1ccc(Cl)s1. The number of thiophene rings is 1. The van der Waals surface area contributed by atoms with Gasteiger partial charge in [0.15, 0.2) is 11.5 Å². The molecule has 0 spiro atoms. The van der Waals surface area contributed by atoms with E-state index in [2.05, 4.69) is 0 Å². The smallest absolute Gasteiger partial charge is 0.231 e. The van der Waals surface area contributed by atoms with Crippen molar-refractivity contribution in [2.75, 3.05) is 6.79 Å².